The average molecular weight is 334 g/mol. The van der Waals surface area contributed by atoms with Crippen molar-refractivity contribution >= 4 is 11.8 Å². The minimum absolute atomic E-state index is 0.151. The van der Waals surface area contributed by atoms with Gasteiger partial charge in [0.05, 0.1) is 29.2 Å². The van der Waals surface area contributed by atoms with Crippen molar-refractivity contribution in [2.75, 3.05) is 13.2 Å². The molecule has 2 amide bonds. The number of aliphatic hydroxyl groups is 1. The van der Waals surface area contributed by atoms with Crippen LogP contribution in [0.25, 0.3) is 0 Å². The number of hydrazine groups is 1. The first-order valence-electron chi connectivity index (χ1n) is 7.73. The molecule has 9 nitrogen and oxygen atoms in total. The lowest BCUT2D eigenvalue weighted by Crippen LogP contribution is -2.40. The van der Waals surface area contributed by atoms with Crippen LogP contribution in [-0.2, 0) is 4.84 Å². The molecule has 0 aromatic heterocycles. The number of rotatable bonds is 5. The number of amides is 2. The van der Waals surface area contributed by atoms with E-state index in [0.717, 1.165) is 11.3 Å². The van der Waals surface area contributed by atoms with E-state index in [1.165, 1.54) is 11.9 Å². The third kappa shape index (κ3) is 2.67. The summed E-state index contributed by atoms with van der Waals surface area (Å²) in [6.07, 6.45) is 0.440. The minimum atomic E-state index is -1.02. The molecule has 2 aliphatic heterocycles. The smallest absolute Gasteiger partial charge is 0.264 e. The van der Waals surface area contributed by atoms with Gasteiger partial charge in [-0.05, 0) is 31.9 Å². The van der Waals surface area contributed by atoms with Crippen molar-refractivity contribution in [1.29, 1.82) is 0 Å². The molecule has 1 aromatic carbocycles. The molecule has 2 heterocycles. The number of nitrogens with zero attached hydrogens (tertiary/aromatic N) is 4. The number of hydrogen-bond acceptors (Lipinski definition) is 6. The molecule has 3 rings (SSSR count). The van der Waals surface area contributed by atoms with Crippen LogP contribution in [0, 0.1) is 5.21 Å². The number of hydrogen-bond donors (Lipinski definition) is 1. The van der Waals surface area contributed by atoms with Gasteiger partial charge in [-0.3, -0.25) is 9.59 Å². The molecule has 1 N–H and O–H groups in total. The van der Waals surface area contributed by atoms with Crippen LogP contribution in [0.1, 0.15) is 40.5 Å². The van der Waals surface area contributed by atoms with Crippen LogP contribution in [0.2, 0.25) is 0 Å². The van der Waals surface area contributed by atoms with Crippen LogP contribution in [0.4, 0.5) is 0 Å². The molecule has 0 spiro atoms. The number of aliphatic hydroxyl groups excluding tert-OH is 1. The summed E-state index contributed by atoms with van der Waals surface area (Å²) in [6.45, 7) is 1.78. The Hall–Kier alpha value is -2.68. The van der Waals surface area contributed by atoms with Gasteiger partial charge >= 0.3 is 0 Å². The fourth-order valence-electron chi connectivity index (χ4n) is 2.97. The van der Waals surface area contributed by atoms with Crippen LogP contribution in [0.3, 0.4) is 0 Å². The molecular weight excluding hydrogens is 316 g/mol. The van der Waals surface area contributed by atoms with E-state index in [1.54, 1.807) is 24.3 Å². The summed E-state index contributed by atoms with van der Waals surface area (Å²) in [4.78, 5) is 30.8. The second kappa shape index (κ2) is 6.44. The summed E-state index contributed by atoms with van der Waals surface area (Å²) >= 11 is 0. The Morgan fingerprint density at radius 1 is 1.38 bits per heavy atom. The third-order valence-corrected chi connectivity index (χ3v) is 4.24. The molecule has 1 aromatic rings. The zero-order chi connectivity index (χ0) is 17.3. The molecule has 1 fully saturated rings. The molecule has 0 radical (unpaired) electrons. The van der Waals surface area contributed by atoms with Gasteiger partial charge in [0.1, 0.15) is 6.04 Å². The van der Waals surface area contributed by atoms with Crippen LogP contribution < -0.4 is 0 Å². The molecule has 24 heavy (non-hydrogen) atoms. The number of fused-ring (bicyclic) bond motifs is 1. The Kier molecular flexibility index (Phi) is 4.34. The zero-order valence-corrected chi connectivity index (χ0v) is 13.2. The lowest BCUT2D eigenvalue weighted by molar-refractivity contribution is -0.716. The summed E-state index contributed by atoms with van der Waals surface area (Å²) in [5.41, 5.74) is 0.605. The summed E-state index contributed by atoms with van der Waals surface area (Å²) in [7, 11) is 0. The fourth-order valence-corrected chi connectivity index (χ4v) is 2.97. The van der Waals surface area contributed by atoms with Gasteiger partial charge in [0.25, 0.3) is 11.8 Å². The summed E-state index contributed by atoms with van der Waals surface area (Å²) in [5.74, 6) is -0.963. The highest BCUT2D eigenvalue weighted by atomic mass is 16.7. The first kappa shape index (κ1) is 16.2. The molecule has 9 heteroatoms. The summed E-state index contributed by atoms with van der Waals surface area (Å²) in [5, 5.41) is 26.0. The van der Waals surface area contributed by atoms with Crippen molar-refractivity contribution in [2.45, 2.75) is 32.0 Å². The van der Waals surface area contributed by atoms with Crippen molar-refractivity contribution < 1.29 is 24.5 Å². The average Bonchev–Trinajstić information content (AvgIpc) is 3.16. The molecule has 2 atom stereocenters. The zero-order valence-electron chi connectivity index (χ0n) is 13.2. The van der Waals surface area contributed by atoms with Crippen LogP contribution >= 0.6 is 0 Å². The van der Waals surface area contributed by atoms with Crippen LogP contribution in [0.5, 0.6) is 0 Å². The Morgan fingerprint density at radius 2 is 2.00 bits per heavy atom. The Bertz CT molecular complexity index is 657. The standard InChI is InChI=1S/C15H18N4O5/c1-10(24-16-19(23)17-8-4-5-11(17)9-20)18-14(21)12-6-2-3-7-13(12)15(18)22/h2-3,6-7,10-11,20H,4-5,8-9H2,1H3/t10?,11-/m0/s1. The minimum Gasteiger partial charge on any atom is -0.569 e. The van der Waals surface area contributed by atoms with Gasteiger partial charge in [0.15, 0.2) is 0 Å². The molecule has 2 aliphatic rings. The van der Waals surface area contributed by atoms with Crippen LogP contribution in [-0.4, -0.2) is 57.2 Å². The highest BCUT2D eigenvalue weighted by Gasteiger charge is 2.40. The van der Waals surface area contributed by atoms with Crippen molar-refractivity contribution in [3.63, 3.8) is 0 Å². The maximum Gasteiger partial charge on any atom is 0.264 e. The first-order valence-corrected chi connectivity index (χ1v) is 7.73. The van der Waals surface area contributed by atoms with Crippen molar-refractivity contribution in [3.8, 4) is 0 Å². The lowest BCUT2D eigenvalue weighted by atomic mass is 10.1. The van der Waals surface area contributed by atoms with Gasteiger partial charge in [-0.1, -0.05) is 12.1 Å². The van der Waals surface area contributed by atoms with Gasteiger partial charge in [0.2, 0.25) is 11.5 Å². The Labute approximate surface area is 138 Å². The Morgan fingerprint density at radius 3 is 2.58 bits per heavy atom. The second-order valence-corrected chi connectivity index (χ2v) is 5.71. The topological polar surface area (TPSA) is 109 Å². The van der Waals surface area contributed by atoms with E-state index in [-0.39, 0.29) is 17.6 Å². The number of carbonyl (C=O) groups is 2. The molecule has 0 saturated carbocycles. The Balaban J connectivity index is 1.70. The van der Waals surface area contributed by atoms with E-state index in [4.69, 9.17) is 4.84 Å². The molecule has 0 aliphatic carbocycles. The molecule has 0 bridgehead atoms. The van der Waals surface area contributed by atoms with Gasteiger partial charge in [-0.15, -0.1) is 5.01 Å². The van der Waals surface area contributed by atoms with E-state index >= 15 is 0 Å². The summed E-state index contributed by atoms with van der Waals surface area (Å²) < 4.78 is 0. The van der Waals surface area contributed by atoms with Crippen molar-refractivity contribution in [2.24, 2.45) is 5.28 Å². The predicted octanol–water partition coefficient (Wildman–Crippen LogP) is 0.894. The van der Waals surface area contributed by atoms with E-state index in [2.05, 4.69) is 5.28 Å². The van der Waals surface area contributed by atoms with E-state index < -0.39 is 18.0 Å². The predicted molar refractivity (Wildman–Crippen MR) is 80.4 cm³/mol. The summed E-state index contributed by atoms with van der Waals surface area (Å²) in [6, 6.07) is 6.17. The largest absolute Gasteiger partial charge is 0.569 e. The van der Waals surface area contributed by atoms with Crippen molar-refractivity contribution in [3.05, 3.63) is 40.6 Å². The molecule has 128 valence electrons. The maximum absolute atomic E-state index is 12.3. The monoisotopic (exact) mass is 334 g/mol. The van der Waals surface area contributed by atoms with Gasteiger partial charge in [-0.2, -0.15) is 0 Å². The first-order chi connectivity index (χ1) is 11.5. The molecule has 1 saturated heterocycles. The van der Waals surface area contributed by atoms with E-state index in [9.17, 15) is 19.9 Å². The highest BCUT2D eigenvalue weighted by Crippen LogP contribution is 2.25. The molecule has 1 unspecified atom stereocenters. The quantitative estimate of drug-likeness (QED) is 0.371. The lowest BCUT2D eigenvalue weighted by Gasteiger charge is -2.21. The van der Waals surface area contributed by atoms with Crippen molar-refractivity contribution in [1.82, 2.24) is 9.91 Å². The van der Waals surface area contributed by atoms with Gasteiger partial charge in [-0.25, -0.2) is 4.90 Å². The number of imide groups is 1. The van der Waals surface area contributed by atoms with Crippen LogP contribution in [0.15, 0.2) is 29.5 Å². The SMILES string of the molecule is CC(ON=[N+]([O-])N1CCC[C@H]1CO)N1C(=O)c2ccccc2C1=O. The van der Waals surface area contributed by atoms with E-state index in [0.29, 0.717) is 24.1 Å². The highest BCUT2D eigenvalue weighted by molar-refractivity contribution is 6.21. The molecular formula is C15H18N4O5. The van der Waals surface area contributed by atoms with E-state index in [1.807, 2.05) is 0 Å². The van der Waals surface area contributed by atoms with Gasteiger partial charge < -0.3 is 15.2 Å². The fraction of sp³-hybridized carbons (Fsp3) is 0.467. The van der Waals surface area contributed by atoms with Gasteiger partial charge in [0, 0.05) is 0 Å². The third-order valence-electron chi connectivity index (χ3n) is 4.24. The number of carbonyl (C=O) groups excluding carboxylic acids is 2. The second-order valence-electron chi connectivity index (χ2n) is 5.71. The maximum atomic E-state index is 12.3. The number of benzene rings is 1. The normalized spacial score (nSPS) is 22.1.